The van der Waals surface area contributed by atoms with E-state index in [2.05, 4.69) is 16.7 Å². The van der Waals surface area contributed by atoms with Gasteiger partial charge in [0, 0.05) is 20.1 Å². The van der Waals surface area contributed by atoms with Gasteiger partial charge in [0.25, 0.3) is 5.91 Å². The summed E-state index contributed by atoms with van der Waals surface area (Å²) in [6.45, 7) is 2.03. The van der Waals surface area contributed by atoms with Gasteiger partial charge in [-0.15, -0.1) is 0 Å². The molecule has 1 spiro atoms. The van der Waals surface area contributed by atoms with E-state index >= 15 is 0 Å². The Morgan fingerprint density at radius 1 is 1.29 bits per heavy atom. The van der Waals surface area contributed by atoms with Crippen molar-refractivity contribution in [2.75, 3.05) is 33.2 Å². The average Bonchev–Trinajstić information content (AvgIpc) is 2.78. The Balaban J connectivity index is 1.60. The molecule has 3 rings (SSSR count). The van der Waals surface area contributed by atoms with Crippen LogP contribution in [0, 0.1) is 0 Å². The second kappa shape index (κ2) is 6.93. The minimum atomic E-state index is -0.715. The van der Waals surface area contributed by atoms with Crippen LogP contribution in [0.25, 0.3) is 0 Å². The first-order valence-corrected chi connectivity index (χ1v) is 8.80. The third-order valence-electron chi connectivity index (χ3n) is 5.46. The van der Waals surface area contributed by atoms with E-state index in [1.165, 1.54) is 5.57 Å². The van der Waals surface area contributed by atoms with Crippen LogP contribution in [0.3, 0.4) is 0 Å². The summed E-state index contributed by atoms with van der Waals surface area (Å²) in [5.41, 5.74) is 0.467. The summed E-state index contributed by atoms with van der Waals surface area (Å²) in [5.74, 6) is -0.483. The molecule has 24 heavy (non-hydrogen) atoms. The highest BCUT2D eigenvalue weighted by molar-refractivity contribution is 6.08. The fraction of sp³-hybridized carbons (Fsp3) is 0.706. The molecule has 1 saturated heterocycles. The molecule has 0 radical (unpaired) electrons. The molecule has 7 nitrogen and oxygen atoms in total. The highest BCUT2D eigenvalue weighted by atomic mass is 16.2. The van der Waals surface area contributed by atoms with Gasteiger partial charge in [-0.3, -0.25) is 14.5 Å². The number of imide groups is 1. The van der Waals surface area contributed by atoms with Crippen LogP contribution in [0.15, 0.2) is 11.6 Å². The van der Waals surface area contributed by atoms with E-state index in [1.54, 1.807) is 11.9 Å². The number of hydrogen-bond acceptors (Lipinski definition) is 4. The van der Waals surface area contributed by atoms with E-state index in [0.717, 1.165) is 43.7 Å². The molecule has 2 fully saturated rings. The van der Waals surface area contributed by atoms with Crippen molar-refractivity contribution in [2.45, 2.75) is 44.1 Å². The minimum absolute atomic E-state index is 0.185. The average molecular weight is 334 g/mol. The van der Waals surface area contributed by atoms with Crippen LogP contribution in [0.2, 0.25) is 0 Å². The van der Waals surface area contributed by atoms with Crippen molar-refractivity contribution in [2.24, 2.45) is 0 Å². The van der Waals surface area contributed by atoms with Gasteiger partial charge in [0.1, 0.15) is 12.1 Å². The van der Waals surface area contributed by atoms with Crippen molar-refractivity contribution in [1.82, 2.24) is 20.4 Å². The molecule has 0 aromatic carbocycles. The highest BCUT2D eigenvalue weighted by Crippen LogP contribution is 2.39. The van der Waals surface area contributed by atoms with Gasteiger partial charge in [-0.2, -0.15) is 0 Å². The predicted molar refractivity (Wildman–Crippen MR) is 89.3 cm³/mol. The number of amides is 4. The van der Waals surface area contributed by atoms with Gasteiger partial charge in [-0.05, 0) is 25.8 Å². The quantitative estimate of drug-likeness (QED) is 0.583. The molecule has 0 bridgehead atoms. The third kappa shape index (κ3) is 3.05. The maximum absolute atomic E-state index is 12.8. The third-order valence-corrected chi connectivity index (χ3v) is 5.46. The Labute approximate surface area is 142 Å². The van der Waals surface area contributed by atoms with E-state index in [1.807, 2.05) is 0 Å². The number of carbonyl (C=O) groups excluding carboxylic acids is 3. The molecule has 2 N–H and O–H groups in total. The number of rotatable bonds is 4. The van der Waals surface area contributed by atoms with Gasteiger partial charge < -0.3 is 15.5 Å². The Hall–Kier alpha value is -1.89. The van der Waals surface area contributed by atoms with Crippen LogP contribution in [0.5, 0.6) is 0 Å². The summed E-state index contributed by atoms with van der Waals surface area (Å²) in [7, 11) is 1.68. The number of urea groups is 1. The molecule has 1 saturated carbocycles. The number of nitrogens with zero attached hydrogens (tertiary/aromatic N) is 2. The highest BCUT2D eigenvalue weighted by Gasteiger charge is 2.55. The molecule has 132 valence electrons. The van der Waals surface area contributed by atoms with Crippen molar-refractivity contribution >= 4 is 17.8 Å². The van der Waals surface area contributed by atoms with E-state index in [4.69, 9.17) is 0 Å². The number of carbonyl (C=O) groups is 3. The lowest BCUT2D eigenvalue weighted by atomic mass is 9.81. The van der Waals surface area contributed by atoms with Crippen molar-refractivity contribution < 1.29 is 14.4 Å². The molecule has 0 unspecified atom stereocenters. The van der Waals surface area contributed by atoms with Gasteiger partial charge >= 0.3 is 6.03 Å². The molecule has 1 aliphatic carbocycles. The van der Waals surface area contributed by atoms with Crippen LogP contribution in [0.1, 0.15) is 38.5 Å². The summed E-state index contributed by atoms with van der Waals surface area (Å²) in [5, 5.41) is 6.05. The second-order valence-corrected chi connectivity index (χ2v) is 6.92. The molecule has 3 aliphatic rings. The Morgan fingerprint density at radius 2 is 2.04 bits per heavy atom. The summed E-state index contributed by atoms with van der Waals surface area (Å²) >= 11 is 0. The molecule has 4 amide bonds. The summed E-state index contributed by atoms with van der Waals surface area (Å²) in [4.78, 5) is 40.1. The van der Waals surface area contributed by atoms with Gasteiger partial charge in [-0.25, -0.2) is 4.79 Å². The fourth-order valence-electron chi connectivity index (χ4n) is 3.91. The van der Waals surface area contributed by atoms with E-state index in [9.17, 15) is 14.4 Å². The van der Waals surface area contributed by atoms with Gasteiger partial charge in [0.2, 0.25) is 5.91 Å². The molecule has 0 aromatic heterocycles. The lowest BCUT2D eigenvalue weighted by Crippen LogP contribution is -2.49. The largest absolute Gasteiger partial charge is 0.351 e. The van der Waals surface area contributed by atoms with Crippen LogP contribution in [0.4, 0.5) is 4.79 Å². The minimum Gasteiger partial charge on any atom is -0.351 e. The maximum Gasteiger partial charge on any atom is 0.327 e. The van der Waals surface area contributed by atoms with Crippen LogP contribution < -0.4 is 10.6 Å². The van der Waals surface area contributed by atoms with Gasteiger partial charge in [0.15, 0.2) is 0 Å². The van der Waals surface area contributed by atoms with Crippen molar-refractivity contribution in [3.05, 3.63) is 11.6 Å². The van der Waals surface area contributed by atoms with E-state index in [0.29, 0.717) is 19.4 Å². The summed E-state index contributed by atoms with van der Waals surface area (Å²) < 4.78 is 0. The molecule has 2 aliphatic heterocycles. The monoisotopic (exact) mass is 334 g/mol. The second-order valence-electron chi connectivity index (χ2n) is 6.92. The normalized spacial score (nSPS) is 23.6. The zero-order chi connectivity index (χ0) is 17.2. The van der Waals surface area contributed by atoms with E-state index < -0.39 is 5.54 Å². The van der Waals surface area contributed by atoms with E-state index in [-0.39, 0.29) is 24.4 Å². The van der Waals surface area contributed by atoms with Crippen LogP contribution >= 0.6 is 0 Å². The summed E-state index contributed by atoms with van der Waals surface area (Å²) in [6.07, 6.45) is 7.38. The molecule has 0 atom stereocenters. The number of hydrogen-bond donors (Lipinski definition) is 2. The zero-order valence-electron chi connectivity index (χ0n) is 14.3. The van der Waals surface area contributed by atoms with Crippen molar-refractivity contribution in [1.29, 1.82) is 0 Å². The Bertz CT molecular complexity index is 566. The summed E-state index contributed by atoms with van der Waals surface area (Å²) in [6, 6.07) is -0.349. The maximum atomic E-state index is 12.8. The lowest BCUT2D eigenvalue weighted by Gasteiger charge is -2.35. The first-order chi connectivity index (χ1) is 11.5. The first-order valence-electron chi connectivity index (χ1n) is 8.80. The zero-order valence-corrected chi connectivity index (χ0v) is 14.3. The first kappa shape index (κ1) is 17.0. The van der Waals surface area contributed by atoms with Crippen LogP contribution in [-0.2, 0) is 9.59 Å². The number of likely N-dealkylation sites (N-methyl/N-ethyl adjacent to an activating group) is 1. The SMILES string of the molecule is CN1C(=O)N(CC(=O)NCC2=CCNCC2)C(=O)C12CCCCC2. The predicted octanol–water partition coefficient (Wildman–Crippen LogP) is 0.619. The van der Waals surface area contributed by atoms with Crippen molar-refractivity contribution in [3.8, 4) is 0 Å². The Kier molecular flexibility index (Phi) is 4.89. The Morgan fingerprint density at radius 3 is 2.71 bits per heavy atom. The van der Waals surface area contributed by atoms with Crippen LogP contribution in [-0.4, -0.2) is 66.4 Å². The van der Waals surface area contributed by atoms with Crippen molar-refractivity contribution in [3.63, 3.8) is 0 Å². The smallest absolute Gasteiger partial charge is 0.327 e. The molecule has 7 heteroatoms. The molecular formula is C17H26N4O3. The fourth-order valence-corrected chi connectivity index (χ4v) is 3.91. The lowest BCUT2D eigenvalue weighted by molar-refractivity contribution is -0.137. The standard InChI is InChI=1S/C17H26N4O3/c1-20-16(24)21(15(23)17(20)7-3-2-4-8-17)12-14(22)19-11-13-5-9-18-10-6-13/h5,18H,2-4,6-12H2,1H3,(H,19,22). The van der Waals surface area contributed by atoms with Gasteiger partial charge in [-0.1, -0.05) is 30.9 Å². The topological polar surface area (TPSA) is 81.8 Å². The number of nitrogens with one attached hydrogen (secondary N) is 2. The molecular weight excluding hydrogens is 308 g/mol. The molecule has 2 heterocycles. The van der Waals surface area contributed by atoms with Gasteiger partial charge in [0.05, 0.1) is 0 Å². The molecule has 0 aromatic rings.